The molecule has 0 aromatic heterocycles. The van der Waals surface area contributed by atoms with E-state index in [1.54, 1.807) is 12.5 Å². The molecule has 7 nitrogen and oxygen atoms in total. The maximum Gasteiger partial charge on any atom is 0.253 e. The zero-order valence-corrected chi connectivity index (χ0v) is 21.5. The van der Waals surface area contributed by atoms with Gasteiger partial charge < -0.3 is 15.2 Å². The third-order valence-electron chi connectivity index (χ3n) is 7.64. The van der Waals surface area contributed by atoms with Crippen LogP contribution in [0, 0.1) is 25.7 Å². The lowest BCUT2D eigenvalue weighted by atomic mass is 9.82. The summed E-state index contributed by atoms with van der Waals surface area (Å²) in [5, 5.41) is 7.45. The first-order valence-electron chi connectivity index (χ1n) is 12.3. The van der Waals surface area contributed by atoms with E-state index in [4.69, 9.17) is 4.99 Å². The van der Waals surface area contributed by atoms with Crippen LogP contribution in [0.1, 0.15) is 72.5 Å². The molecule has 1 spiro atoms. The van der Waals surface area contributed by atoms with Crippen molar-refractivity contribution >= 4 is 35.1 Å². The first-order chi connectivity index (χ1) is 16.2. The molecule has 1 aromatic carbocycles. The van der Waals surface area contributed by atoms with Crippen molar-refractivity contribution in [1.82, 2.24) is 14.9 Å². The van der Waals surface area contributed by atoms with E-state index in [2.05, 4.69) is 17.6 Å². The van der Waals surface area contributed by atoms with Crippen molar-refractivity contribution in [1.29, 1.82) is 0 Å². The van der Waals surface area contributed by atoms with Crippen LogP contribution in [0.25, 0.3) is 6.08 Å². The summed E-state index contributed by atoms with van der Waals surface area (Å²) in [6, 6.07) is 3.70. The van der Waals surface area contributed by atoms with Gasteiger partial charge in [-0.25, -0.2) is 0 Å². The van der Waals surface area contributed by atoms with Crippen LogP contribution in [0.3, 0.4) is 0 Å². The lowest BCUT2D eigenvalue weighted by Crippen LogP contribution is -2.50. The monoisotopic (exact) mass is 484 g/mol. The molecule has 2 heterocycles. The maximum absolute atomic E-state index is 13.0. The summed E-state index contributed by atoms with van der Waals surface area (Å²) >= 11 is -1.29. The number of carbonyl (C=O) groups is 2. The van der Waals surface area contributed by atoms with Crippen molar-refractivity contribution in [2.24, 2.45) is 16.8 Å². The molecule has 1 saturated carbocycles. The molecule has 3 aliphatic rings. The molecule has 1 aromatic rings. The quantitative estimate of drug-likeness (QED) is 0.625. The van der Waals surface area contributed by atoms with E-state index >= 15 is 0 Å². The Bertz CT molecular complexity index is 982. The average Bonchev–Trinajstić information content (AvgIpc) is 3.14. The van der Waals surface area contributed by atoms with Gasteiger partial charge in [0.2, 0.25) is 0 Å². The second-order valence-electron chi connectivity index (χ2n) is 10.1. The van der Waals surface area contributed by atoms with Crippen LogP contribution >= 0.6 is 0 Å². The highest BCUT2D eigenvalue weighted by Gasteiger charge is 2.48. The van der Waals surface area contributed by atoms with E-state index in [1.807, 2.05) is 36.4 Å². The van der Waals surface area contributed by atoms with Gasteiger partial charge >= 0.3 is 0 Å². The Balaban J connectivity index is 1.38. The SMILES string of the molecule is CNC(=O)c1cc(C)c(/C=C/[S@+]([O-])N2CCC3(CC2)N=C(C2CCC(C)CC2)NC3=O)c(C)c1. The first-order valence-corrected chi connectivity index (χ1v) is 13.5. The number of benzene rings is 1. The number of aliphatic imine (C=N–C) groups is 1. The number of piperidine rings is 1. The largest absolute Gasteiger partial charge is 0.593 e. The van der Waals surface area contributed by atoms with E-state index in [0.717, 1.165) is 41.3 Å². The molecule has 0 radical (unpaired) electrons. The zero-order chi connectivity index (χ0) is 24.5. The number of nitrogens with one attached hydrogen (secondary N) is 2. The highest BCUT2D eigenvalue weighted by Crippen LogP contribution is 2.36. The van der Waals surface area contributed by atoms with Crippen molar-refractivity contribution in [3.8, 4) is 0 Å². The Kier molecular flexibility index (Phi) is 7.50. The summed E-state index contributed by atoms with van der Waals surface area (Å²) in [5.74, 6) is 1.92. The van der Waals surface area contributed by atoms with Gasteiger partial charge in [-0.3, -0.25) is 14.6 Å². The number of rotatable bonds is 5. The van der Waals surface area contributed by atoms with Gasteiger partial charge in [0.15, 0.2) is 0 Å². The van der Waals surface area contributed by atoms with Crippen LogP contribution in [0.5, 0.6) is 0 Å². The van der Waals surface area contributed by atoms with Gasteiger partial charge in [0, 0.05) is 31.6 Å². The highest BCUT2D eigenvalue weighted by molar-refractivity contribution is 7.92. The standard InChI is InChI=1S/C26H36N4O3S/c1-17-5-7-20(8-6-17)23-28-25(32)26(29-23)10-12-30(13-11-26)34(33)14-9-22-18(2)15-21(16-19(22)3)24(31)27-4/h9,14-17,20H,5-8,10-13H2,1-4H3,(H,27,31)(H,28,29,32)/b14-9+/t17?,20?,34-/m0/s1. The van der Waals surface area contributed by atoms with Gasteiger partial charge in [-0.2, -0.15) is 0 Å². The Morgan fingerprint density at radius 3 is 2.41 bits per heavy atom. The molecule has 2 aliphatic heterocycles. The Hall–Kier alpha value is -2.16. The first kappa shape index (κ1) is 24.9. The van der Waals surface area contributed by atoms with Crippen molar-refractivity contribution in [3.63, 3.8) is 0 Å². The van der Waals surface area contributed by atoms with Gasteiger partial charge in [-0.05, 0) is 80.3 Å². The number of amidine groups is 1. The lowest BCUT2D eigenvalue weighted by Gasteiger charge is -2.34. The molecule has 1 saturated heterocycles. The number of aryl methyl sites for hydroxylation is 2. The molecule has 2 N–H and O–H groups in total. The molecule has 0 bridgehead atoms. The molecule has 2 fully saturated rings. The van der Waals surface area contributed by atoms with Crippen molar-refractivity contribution in [2.45, 2.75) is 64.8 Å². The fourth-order valence-corrected chi connectivity index (χ4v) is 6.34. The molecule has 34 heavy (non-hydrogen) atoms. The Morgan fingerprint density at radius 1 is 1.21 bits per heavy atom. The molecular weight excluding hydrogens is 448 g/mol. The molecule has 1 atom stereocenters. The topological polar surface area (TPSA) is 96.9 Å². The average molecular weight is 485 g/mol. The summed E-state index contributed by atoms with van der Waals surface area (Å²) < 4.78 is 14.9. The van der Waals surface area contributed by atoms with Crippen LogP contribution < -0.4 is 10.6 Å². The summed E-state index contributed by atoms with van der Waals surface area (Å²) in [7, 11) is 1.62. The summed E-state index contributed by atoms with van der Waals surface area (Å²) in [5.41, 5.74) is 2.83. The molecule has 2 amide bonds. The highest BCUT2D eigenvalue weighted by atomic mass is 32.2. The minimum absolute atomic E-state index is 0.0181. The summed E-state index contributed by atoms with van der Waals surface area (Å²) in [6.07, 6.45) is 7.63. The van der Waals surface area contributed by atoms with Gasteiger partial charge in [-0.1, -0.05) is 19.8 Å². The number of hydrogen-bond acceptors (Lipinski definition) is 5. The molecule has 0 unspecified atom stereocenters. The van der Waals surface area contributed by atoms with Crippen LogP contribution in [0.15, 0.2) is 22.5 Å². The van der Waals surface area contributed by atoms with Gasteiger partial charge in [0.25, 0.3) is 11.8 Å². The molecular formula is C26H36N4O3S. The normalized spacial score (nSPS) is 25.9. The second-order valence-corrected chi connectivity index (χ2v) is 11.4. The van der Waals surface area contributed by atoms with Crippen LogP contribution in [0.2, 0.25) is 0 Å². The van der Waals surface area contributed by atoms with E-state index in [1.165, 1.54) is 12.8 Å². The van der Waals surface area contributed by atoms with E-state index in [-0.39, 0.29) is 11.8 Å². The van der Waals surface area contributed by atoms with E-state index in [0.29, 0.717) is 37.4 Å². The van der Waals surface area contributed by atoms with Crippen molar-refractivity contribution in [2.75, 3.05) is 20.1 Å². The summed E-state index contributed by atoms with van der Waals surface area (Å²) in [6.45, 7) is 7.33. The minimum Gasteiger partial charge on any atom is -0.593 e. The van der Waals surface area contributed by atoms with Crippen LogP contribution in [-0.4, -0.2) is 52.2 Å². The smallest absolute Gasteiger partial charge is 0.253 e. The predicted octanol–water partition coefficient (Wildman–Crippen LogP) is 3.49. The van der Waals surface area contributed by atoms with E-state index < -0.39 is 16.9 Å². The molecule has 1 aliphatic carbocycles. The van der Waals surface area contributed by atoms with Crippen molar-refractivity contribution < 1.29 is 14.1 Å². The van der Waals surface area contributed by atoms with Crippen LogP contribution in [0.4, 0.5) is 0 Å². The number of carbonyl (C=O) groups excluding carboxylic acids is 2. The molecule has 184 valence electrons. The molecule has 4 rings (SSSR count). The fourth-order valence-electron chi connectivity index (χ4n) is 5.37. The Labute approximate surface area is 205 Å². The van der Waals surface area contributed by atoms with Gasteiger partial charge in [0.1, 0.15) is 16.8 Å². The van der Waals surface area contributed by atoms with Gasteiger partial charge in [-0.15, -0.1) is 4.31 Å². The van der Waals surface area contributed by atoms with Crippen LogP contribution in [-0.2, 0) is 16.2 Å². The summed E-state index contributed by atoms with van der Waals surface area (Å²) in [4.78, 5) is 29.7. The maximum atomic E-state index is 13.0. The zero-order valence-electron chi connectivity index (χ0n) is 20.6. The minimum atomic E-state index is -1.29. The number of hydrogen-bond donors (Lipinski definition) is 2. The predicted molar refractivity (Wildman–Crippen MR) is 137 cm³/mol. The second kappa shape index (κ2) is 10.2. The van der Waals surface area contributed by atoms with Gasteiger partial charge in [0.05, 0.1) is 11.4 Å². The number of amides is 2. The van der Waals surface area contributed by atoms with E-state index in [9.17, 15) is 14.1 Å². The third kappa shape index (κ3) is 5.09. The third-order valence-corrected chi connectivity index (χ3v) is 8.88. The fraction of sp³-hybridized carbons (Fsp3) is 0.577. The lowest BCUT2D eigenvalue weighted by molar-refractivity contribution is -0.124. The molecule has 8 heteroatoms. The Morgan fingerprint density at radius 2 is 1.82 bits per heavy atom. The number of nitrogens with zero attached hydrogens (tertiary/aromatic N) is 2. The van der Waals surface area contributed by atoms with Crippen molar-refractivity contribution in [3.05, 3.63) is 39.8 Å².